The minimum absolute atomic E-state index is 0.0445. The van der Waals surface area contributed by atoms with E-state index in [0.717, 1.165) is 0 Å². The van der Waals surface area contributed by atoms with Crippen LogP contribution in [0.2, 0.25) is 0 Å². The minimum Gasteiger partial charge on any atom is -0.478 e. The SMILES string of the molecule is CC(C)N(CCO)Cc1cccc(N)c1C(=O)O. The Labute approximate surface area is 107 Å². The highest BCUT2D eigenvalue weighted by molar-refractivity contribution is 5.95. The van der Waals surface area contributed by atoms with Gasteiger partial charge in [-0.2, -0.15) is 0 Å². The Bertz CT molecular complexity index is 419. The van der Waals surface area contributed by atoms with Crippen LogP contribution in [0.25, 0.3) is 0 Å². The number of rotatable bonds is 6. The van der Waals surface area contributed by atoms with Gasteiger partial charge in [0.2, 0.25) is 0 Å². The first kappa shape index (κ1) is 14.5. The molecule has 0 atom stereocenters. The number of carboxylic acid groups (broad SMARTS) is 1. The topological polar surface area (TPSA) is 86.8 Å². The van der Waals surface area contributed by atoms with Crippen molar-refractivity contribution in [1.29, 1.82) is 0 Å². The number of nitrogens with zero attached hydrogens (tertiary/aromatic N) is 1. The van der Waals surface area contributed by atoms with Crippen molar-refractivity contribution < 1.29 is 15.0 Å². The Morgan fingerprint density at radius 3 is 2.61 bits per heavy atom. The molecule has 0 heterocycles. The largest absolute Gasteiger partial charge is 0.478 e. The first-order valence-electron chi connectivity index (χ1n) is 5.93. The summed E-state index contributed by atoms with van der Waals surface area (Å²) >= 11 is 0. The molecule has 0 saturated heterocycles. The number of hydrogen-bond donors (Lipinski definition) is 3. The van der Waals surface area contributed by atoms with Crippen LogP contribution in [0, 0.1) is 0 Å². The zero-order valence-corrected chi connectivity index (χ0v) is 10.8. The van der Waals surface area contributed by atoms with Gasteiger partial charge in [0.15, 0.2) is 0 Å². The highest BCUT2D eigenvalue weighted by Gasteiger charge is 2.17. The molecule has 0 saturated carbocycles. The van der Waals surface area contributed by atoms with Crippen LogP contribution in [0.5, 0.6) is 0 Å². The van der Waals surface area contributed by atoms with E-state index < -0.39 is 5.97 Å². The lowest BCUT2D eigenvalue weighted by molar-refractivity contribution is 0.0694. The maximum atomic E-state index is 11.2. The number of nitrogens with two attached hydrogens (primary N) is 1. The summed E-state index contributed by atoms with van der Waals surface area (Å²) in [5, 5.41) is 18.2. The van der Waals surface area contributed by atoms with E-state index in [0.29, 0.717) is 18.7 Å². The van der Waals surface area contributed by atoms with Crippen molar-refractivity contribution in [3.05, 3.63) is 29.3 Å². The van der Waals surface area contributed by atoms with Crippen LogP contribution < -0.4 is 5.73 Å². The highest BCUT2D eigenvalue weighted by atomic mass is 16.4. The predicted molar refractivity (Wildman–Crippen MR) is 70.4 cm³/mol. The summed E-state index contributed by atoms with van der Waals surface area (Å²) in [6.07, 6.45) is 0. The molecule has 0 aliphatic heterocycles. The van der Waals surface area contributed by atoms with Gasteiger partial charge in [-0.05, 0) is 25.5 Å². The van der Waals surface area contributed by atoms with Crippen LogP contribution in [0.4, 0.5) is 5.69 Å². The summed E-state index contributed by atoms with van der Waals surface area (Å²) in [5.41, 5.74) is 6.80. The fourth-order valence-corrected chi connectivity index (χ4v) is 1.88. The Morgan fingerprint density at radius 2 is 2.11 bits per heavy atom. The second kappa shape index (κ2) is 6.37. The van der Waals surface area contributed by atoms with E-state index in [2.05, 4.69) is 0 Å². The van der Waals surface area contributed by atoms with E-state index in [-0.39, 0.29) is 23.9 Å². The van der Waals surface area contributed by atoms with Crippen LogP contribution >= 0.6 is 0 Å². The number of anilines is 1. The molecule has 0 unspecified atom stereocenters. The molecule has 0 aromatic heterocycles. The van der Waals surface area contributed by atoms with Gasteiger partial charge in [-0.25, -0.2) is 4.79 Å². The Kier molecular flexibility index (Phi) is 5.12. The van der Waals surface area contributed by atoms with Gasteiger partial charge in [-0.15, -0.1) is 0 Å². The predicted octanol–water partition coefficient (Wildman–Crippen LogP) is 1.17. The number of aromatic carboxylic acids is 1. The first-order valence-corrected chi connectivity index (χ1v) is 5.93. The maximum Gasteiger partial charge on any atom is 0.338 e. The monoisotopic (exact) mass is 252 g/mol. The molecule has 100 valence electrons. The number of benzene rings is 1. The molecule has 0 amide bonds. The van der Waals surface area contributed by atoms with Gasteiger partial charge < -0.3 is 15.9 Å². The third kappa shape index (κ3) is 3.45. The molecule has 4 N–H and O–H groups in total. The van der Waals surface area contributed by atoms with Crippen LogP contribution in [-0.4, -0.2) is 40.3 Å². The average Bonchev–Trinajstić information content (AvgIpc) is 2.27. The van der Waals surface area contributed by atoms with Gasteiger partial charge in [-0.3, -0.25) is 4.90 Å². The second-order valence-electron chi connectivity index (χ2n) is 4.47. The molecule has 18 heavy (non-hydrogen) atoms. The van der Waals surface area contributed by atoms with E-state index in [4.69, 9.17) is 10.8 Å². The van der Waals surface area contributed by atoms with Gasteiger partial charge in [-0.1, -0.05) is 12.1 Å². The fraction of sp³-hybridized carbons (Fsp3) is 0.462. The highest BCUT2D eigenvalue weighted by Crippen LogP contribution is 2.19. The third-order valence-electron chi connectivity index (χ3n) is 2.89. The van der Waals surface area contributed by atoms with Gasteiger partial charge in [0.05, 0.1) is 12.2 Å². The van der Waals surface area contributed by atoms with E-state index in [9.17, 15) is 9.90 Å². The van der Waals surface area contributed by atoms with Crippen molar-refractivity contribution in [3.8, 4) is 0 Å². The van der Waals surface area contributed by atoms with Gasteiger partial charge in [0, 0.05) is 24.8 Å². The molecule has 1 aromatic carbocycles. The first-order chi connectivity index (χ1) is 8.47. The Balaban J connectivity index is 3.02. The quantitative estimate of drug-likeness (QED) is 0.662. The molecule has 0 aliphatic carbocycles. The zero-order valence-electron chi connectivity index (χ0n) is 10.8. The number of nitrogen functional groups attached to an aromatic ring is 1. The van der Waals surface area contributed by atoms with Gasteiger partial charge >= 0.3 is 5.97 Å². The van der Waals surface area contributed by atoms with E-state index in [1.807, 2.05) is 18.7 Å². The molecule has 1 rings (SSSR count). The van der Waals surface area contributed by atoms with Crippen molar-refractivity contribution in [2.24, 2.45) is 0 Å². The van der Waals surface area contributed by atoms with E-state index in [1.54, 1.807) is 18.2 Å². The number of aliphatic hydroxyl groups is 1. The summed E-state index contributed by atoms with van der Waals surface area (Å²) in [6, 6.07) is 5.31. The number of carboxylic acids is 1. The zero-order chi connectivity index (χ0) is 13.7. The molecule has 0 aliphatic rings. The smallest absolute Gasteiger partial charge is 0.338 e. The van der Waals surface area contributed by atoms with E-state index in [1.165, 1.54) is 0 Å². The minimum atomic E-state index is -1.02. The fourth-order valence-electron chi connectivity index (χ4n) is 1.88. The summed E-state index contributed by atoms with van der Waals surface area (Å²) in [5.74, 6) is -1.02. The number of hydrogen-bond acceptors (Lipinski definition) is 4. The molecule has 5 nitrogen and oxygen atoms in total. The van der Waals surface area contributed by atoms with Crippen molar-refractivity contribution in [1.82, 2.24) is 4.90 Å². The lowest BCUT2D eigenvalue weighted by atomic mass is 10.0. The standard InChI is InChI=1S/C13H20N2O3/c1-9(2)15(6-7-16)8-10-4-3-5-11(14)12(10)13(17)18/h3-5,9,16H,6-8,14H2,1-2H3,(H,17,18). The van der Waals surface area contributed by atoms with Crippen LogP contribution in [0.3, 0.4) is 0 Å². The summed E-state index contributed by atoms with van der Waals surface area (Å²) < 4.78 is 0. The summed E-state index contributed by atoms with van der Waals surface area (Å²) in [4.78, 5) is 13.2. The van der Waals surface area contributed by atoms with Crippen molar-refractivity contribution in [3.63, 3.8) is 0 Å². The molecular weight excluding hydrogens is 232 g/mol. The lowest BCUT2D eigenvalue weighted by Crippen LogP contribution is -2.33. The maximum absolute atomic E-state index is 11.2. The van der Waals surface area contributed by atoms with Crippen molar-refractivity contribution >= 4 is 11.7 Å². The number of aliphatic hydroxyl groups excluding tert-OH is 1. The van der Waals surface area contributed by atoms with Crippen molar-refractivity contribution in [2.45, 2.75) is 26.4 Å². The average molecular weight is 252 g/mol. The number of carbonyl (C=O) groups is 1. The molecule has 0 radical (unpaired) electrons. The van der Waals surface area contributed by atoms with Crippen LogP contribution in [0.15, 0.2) is 18.2 Å². The van der Waals surface area contributed by atoms with Gasteiger partial charge in [0.25, 0.3) is 0 Å². The molecule has 0 spiro atoms. The summed E-state index contributed by atoms with van der Waals surface area (Å²) in [7, 11) is 0. The molecular formula is C13H20N2O3. The molecule has 5 heteroatoms. The summed E-state index contributed by atoms with van der Waals surface area (Å²) in [6.45, 7) is 5.02. The van der Waals surface area contributed by atoms with Crippen LogP contribution in [-0.2, 0) is 6.54 Å². The Hall–Kier alpha value is -1.59. The second-order valence-corrected chi connectivity index (χ2v) is 4.47. The van der Waals surface area contributed by atoms with E-state index >= 15 is 0 Å². The van der Waals surface area contributed by atoms with Gasteiger partial charge in [0.1, 0.15) is 0 Å². The van der Waals surface area contributed by atoms with Crippen LogP contribution in [0.1, 0.15) is 29.8 Å². The lowest BCUT2D eigenvalue weighted by Gasteiger charge is -2.26. The Morgan fingerprint density at radius 1 is 1.44 bits per heavy atom. The van der Waals surface area contributed by atoms with Crippen molar-refractivity contribution in [2.75, 3.05) is 18.9 Å². The molecule has 1 aromatic rings. The molecule has 0 fully saturated rings. The molecule has 0 bridgehead atoms. The third-order valence-corrected chi connectivity index (χ3v) is 2.89. The normalized spacial score (nSPS) is 11.2.